The number of hydrogen-bond acceptors (Lipinski definition) is 1. The first kappa shape index (κ1) is 10.5. The summed E-state index contributed by atoms with van der Waals surface area (Å²) in [4.78, 5) is 0. The zero-order valence-electron chi connectivity index (χ0n) is 4.74. The molecule has 0 aromatic rings. The van der Waals surface area contributed by atoms with Gasteiger partial charge in [-0.3, -0.25) is 0 Å². The molecule has 0 saturated heterocycles. The van der Waals surface area contributed by atoms with Crippen LogP contribution in [-0.4, -0.2) is 0 Å². The third kappa shape index (κ3) is 21.0. The molecule has 0 bridgehead atoms. The zero-order chi connectivity index (χ0) is 6.12. The molecule has 0 aliphatic rings. The van der Waals surface area contributed by atoms with Crippen LogP contribution in [-0.2, 0) is 23.7 Å². The number of unbranched alkanes of at least 4 members (excludes halogenated alkanes) is 2. The van der Waals surface area contributed by atoms with Crippen LogP contribution in [0.2, 0.25) is 0 Å². The van der Waals surface area contributed by atoms with Crippen molar-refractivity contribution in [1.29, 1.82) is 0 Å². The maximum absolute atomic E-state index is 8.25. The molecular formula is C5H11OTi. The first-order chi connectivity index (χ1) is 3.41. The molecular weight excluding hydrogens is 124 g/mol. The predicted molar refractivity (Wildman–Crippen MR) is 25.6 cm³/mol. The summed E-state index contributed by atoms with van der Waals surface area (Å²) in [7, 11) is 0. The van der Waals surface area contributed by atoms with Gasteiger partial charge in [-0.25, -0.2) is 0 Å². The average Bonchev–Trinajstić information content (AvgIpc) is 1.75. The van der Waals surface area contributed by atoms with Gasteiger partial charge in [0.05, 0.1) is 0 Å². The van der Waals surface area contributed by atoms with Crippen molar-refractivity contribution in [2.45, 2.75) is 26.2 Å². The molecule has 0 aromatic carbocycles. The van der Waals surface area contributed by atoms with Gasteiger partial charge in [-0.15, -0.1) is 0 Å². The van der Waals surface area contributed by atoms with Crippen LogP contribution in [0.5, 0.6) is 0 Å². The Morgan fingerprint density at radius 3 is 2.00 bits per heavy atom. The van der Waals surface area contributed by atoms with Gasteiger partial charge in [-0.2, -0.15) is 6.42 Å². The van der Waals surface area contributed by atoms with Crippen LogP contribution in [0, 0.1) is 6.92 Å². The summed E-state index contributed by atoms with van der Waals surface area (Å²) in [5.41, 5.74) is 0. The normalized spacial score (nSPS) is 6.86. The van der Waals surface area contributed by atoms with Crippen molar-refractivity contribution in [1.82, 2.24) is 0 Å². The molecule has 0 spiro atoms. The summed E-state index contributed by atoms with van der Waals surface area (Å²) in [6.45, 7) is 5.85. The topological polar surface area (TPSA) is 17.1 Å². The second kappa shape index (κ2) is 16.0. The summed E-state index contributed by atoms with van der Waals surface area (Å²) < 4.78 is 8.25. The summed E-state index contributed by atoms with van der Waals surface area (Å²) in [6, 6.07) is 0. The molecule has 0 N–H and O–H groups in total. The third-order valence-corrected chi connectivity index (χ3v) is 0.604. The van der Waals surface area contributed by atoms with E-state index >= 15 is 0 Å². The standard InChI is InChI=1S/C5H11.O.Ti/c1-3-5-4-2;;/h1,3-5H2,2H3;;/q-1;;+1. The molecule has 0 heterocycles. The Morgan fingerprint density at radius 1 is 1.57 bits per heavy atom. The molecule has 2 heteroatoms. The van der Waals surface area contributed by atoms with Crippen molar-refractivity contribution in [2.75, 3.05) is 0 Å². The van der Waals surface area contributed by atoms with E-state index < -0.39 is 0 Å². The monoisotopic (exact) mass is 135 g/mol. The van der Waals surface area contributed by atoms with Crippen LogP contribution < -0.4 is 0 Å². The van der Waals surface area contributed by atoms with E-state index in [2.05, 4.69) is 13.8 Å². The Balaban J connectivity index is 0. The van der Waals surface area contributed by atoms with Crippen molar-refractivity contribution < 1.29 is 23.7 Å². The first-order valence-electron chi connectivity index (χ1n) is 2.41. The Kier molecular flexibility index (Phi) is 24.0. The molecule has 0 fully saturated rings. The van der Waals surface area contributed by atoms with Crippen molar-refractivity contribution >= 4 is 0 Å². The summed E-state index contributed by atoms with van der Waals surface area (Å²) in [6.07, 6.45) is 3.65. The SMILES string of the molecule is [CH2-]CCCC.[O]=[Ti+]. The Hall–Kier alpha value is 0.514. The van der Waals surface area contributed by atoms with Crippen LogP contribution in [0.3, 0.4) is 0 Å². The van der Waals surface area contributed by atoms with Crippen molar-refractivity contribution in [2.24, 2.45) is 0 Å². The van der Waals surface area contributed by atoms with E-state index in [-0.39, 0.29) is 0 Å². The third-order valence-electron chi connectivity index (χ3n) is 0.604. The van der Waals surface area contributed by atoms with Crippen LogP contribution in [0.4, 0.5) is 0 Å². The number of rotatable bonds is 2. The quantitative estimate of drug-likeness (QED) is 0.417. The van der Waals surface area contributed by atoms with Gasteiger partial charge in [0, 0.05) is 0 Å². The average molecular weight is 135 g/mol. The Labute approximate surface area is 57.2 Å². The van der Waals surface area contributed by atoms with Crippen molar-refractivity contribution in [3.8, 4) is 0 Å². The molecule has 0 aromatic heterocycles. The molecule has 1 nitrogen and oxygen atoms in total. The van der Waals surface area contributed by atoms with Gasteiger partial charge in [0.15, 0.2) is 0 Å². The molecule has 0 amide bonds. The summed E-state index contributed by atoms with van der Waals surface area (Å²) in [5, 5.41) is 0. The van der Waals surface area contributed by atoms with Gasteiger partial charge in [-0.05, 0) is 0 Å². The van der Waals surface area contributed by atoms with E-state index in [1.54, 1.807) is 0 Å². The van der Waals surface area contributed by atoms with Gasteiger partial charge >= 0.3 is 23.7 Å². The van der Waals surface area contributed by atoms with E-state index in [0.717, 1.165) is 26.8 Å². The number of hydrogen-bond donors (Lipinski definition) is 0. The minimum atomic E-state index is 0.750. The fourth-order valence-corrected chi connectivity index (χ4v) is 0.250. The van der Waals surface area contributed by atoms with Crippen molar-refractivity contribution in [3.05, 3.63) is 6.92 Å². The molecule has 0 aliphatic heterocycles. The van der Waals surface area contributed by atoms with Gasteiger partial charge < -0.3 is 6.92 Å². The first-order valence-corrected chi connectivity index (χ1v) is 3.05. The van der Waals surface area contributed by atoms with E-state index in [4.69, 9.17) is 3.32 Å². The van der Waals surface area contributed by atoms with Crippen LogP contribution in [0.1, 0.15) is 26.2 Å². The molecule has 0 saturated carbocycles. The second-order valence-electron chi connectivity index (χ2n) is 1.21. The molecule has 41 valence electrons. The van der Waals surface area contributed by atoms with E-state index in [0.29, 0.717) is 0 Å². The summed E-state index contributed by atoms with van der Waals surface area (Å²) in [5.74, 6) is 0. The molecule has 7 heavy (non-hydrogen) atoms. The molecule has 0 unspecified atom stereocenters. The molecule has 0 aliphatic carbocycles. The van der Waals surface area contributed by atoms with E-state index in [1.807, 2.05) is 0 Å². The predicted octanol–water partition coefficient (Wildman–Crippen LogP) is 1.89. The van der Waals surface area contributed by atoms with Crippen molar-refractivity contribution in [3.63, 3.8) is 0 Å². The molecule has 0 radical (unpaired) electrons. The Morgan fingerprint density at radius 2 is 2.00 bits per heavy atom. The van der Waals surface area contributed by atoms with Crippen LogP contribution in [0.15, 0.2) is 0 Å². The second-order valence-corrected chi connectivity index (χ2v) is 1.21. The fraction of sp³-hybridized carbons (Fsp3) is 0.800. The fourth-order valence-electron chi connectivity index (χ4n) is 0.250. The zero-order valence-corrected chi connectivity index (χ0v) is 6.30. The van der Waals surface area contributed by atoms with Gasteiger partial charge in [-0.1, -0.05) is 19.8 Å². The van der Waals surface area contributed by atoms with Gasteiger partial charge in [0.1, 0.15) is 0 Å². The van der Waals surface area contributed by atoms with E-state index in [9.17, 15) is 0 Å². The van der Waals surface area contributed by atoms with E-state index in [1.165, 1.54) is 12.8 Å². The summed E-state index contributed by atoms with van der Waals surface area (Å²) >= 11 is 0.750. The van der Waals surface area contributed by atoms with Crippen LogP contribution in [0.25, 0.3) is 0 Å². The maximum atomic E-state index is 8.25. The molecule has 0 atom stereocenters. The Bertz CT molecular complexity index is 22.0. The van der Waals surface area contributed by atoms with Gasteiger partial charge in [0.25, 0.3) is 0 Å². The minimum absolute atomic E-state index is 0.750. The van der Waals surface area contributed by atoms with Crippen LogP contribution >= 0.6 is 0 Å². The molecule has 0 rings (SSSR count). The van der Waals surface area contributed by atoms with Gasteiger partial charge in [0.2, 0.25) is 0 Å².